The lowest BCUT2D eigenvalue weighted by Crippen LogP contribution is -2.30. The normalized spacial score (nSPS) is 22.1. The fourth-order valence-electron chi connectivity index (χ4n) is 3.64. The molecular weight excluding hydrogens is 286 g/mol. The molecule has 0 spiro atoms. The maximum Gasteiger partial charge on any atom is 0.0544 e. The molecule has 2 saturated carbocycles. The summed E-state index contributed by atoms with van der Waals surface area (Å²) in [6.45, 7) is 1.23. The molecule has 20 heavy (non-hydrogen) atoms. The Hall–Kier alpha value is -0.0500. The molecule has 0 aromatic carbocycles. The monoisotopic (exact) mass is 311 g/mol. The Morgan fingerprint density at radius 3 is 2.65 bits per heavy atom. The molecule has 2 aliphatic rings. The second-order valence-electron chi connectivity index (χ2n) is 6.73. The number of halogens is 1. The Kier molecular flexibility index (Phi) is 5.06. The van der Waals surface area contributed by atoms with Gasteiger partial charge in [0.1, 0.15) is 0 Å². The summed E-state index contributed by atoms with van der Waals surface area (Å²) in [7, 11) is 0. The van der Waals surface area contributed by atoms with Crippen LogP contribution in [-0.2, 0) is 6.42 Å². The molecule has 112 valence electrons. The molecular formula is C17H26ClNS. The summed E-state index contributed by atoms with van der Waals surface area (Å²) in [4.78, 5) is 1.40. The van der Waals surface area contributed by atoms with Crippen molar-refractivity contribution in [2.24, 2.45) is 5.41 Å². The zero-order chi connectivity index (χ0) is 13.8. The minimum absolute atomic E-state index is 0.591. The molecule has 2 aliphatic carbocycles. The first-order chi connectivity index (χ1) is 9.77. The third-order valence-electron chi connectivity index (χ3n) is 5.15. The highest BCUT2D eigenvalue weighted by molar-refractivity contribution is 7.10. The summed E-state index contributed by atoms with van der Waals surface area (Å²) in [5.74, 6) is 0. The van der Waals surface area contributed by atoms with Gasteiger partial charge in [-0.15, -0.1) is 11.3 Å². The largest absolute Gasteiger partial charge is 0.314 e. The van der Waals surface area contributed by atoms with E-state index in [1.54, 1.807) is 0 Å². The van der Waals surface area contributed by atoms with Gasteiger partial charge < -0.3 is 5.32 Å². The summed E-state index contributed by atoms with van der Waals surface area (Å²) in [5, 5.41) is 6.82. The van der Waals surface area contributed by atoms with Gasteiger partial charge in [0, 0.05) is 10.9 Å². The average Bonchev–Trinajstić information content (AvgIpc) is 3.19. The molecule has 1 aromatic rings. The van der Waals surface area contributed by atoms with Gasteiger partial charge in [-0.2, -0.15) is 0 Å². The van der Waals surface area contributed by atoms with Gasteiger partial charge in [0.15, 0.2) is 0 Å². The number of thiophene rings is 1. The molecule has 1 heterocycles. The lowest BCUT2D eigenvalue weighted by molar-refractivity contribution is 0.157. The maximum atomic E-state index is 6.26. The molecule has 0 radical (unpaired) electrons. The number of hydrogen-bond donors (Lipinski definition) is 1. The van der Waals surface area contributed by atoms with E-state index in [9.17, 15) is 0 Å². The number of aryl methyl sites for hydroxylation is 1. The Labute approximate surface area is 132 Å². The third-order valence-corrected chi connectivity index (χ3v) is 6.60. The minimum atomic E-state index is 0.591. The van der Waals surface area contributed by atoms with E-state index in [1.807, 2.05) is 17.4 Å². The quantitative estimate of drug-likeness (QED) is 0.708. The minimum Gasteiger partial charge on any atom is -0.314 e. The molecule has 1 nitrogen and oxygen atoms in total. The van der Waals surface area contributed by atoms with Crippen LogP contribution in [-0.4, -0.2) is 12.6 Å². The van der Waals surface area contributed by atoms with Crippen LogP contribution in [0.25, 0.3) is 0 Å². The highest BCUT2D eigenvalue weighted by atomic mass is 35.5. The van der Waals surface area contributed by atoms with Crippen molar-refractivity contribution < 1.29 is 0 Å². The molecule has 2 fully saturated rings. The first kappa shape index (κ1) is 14.9. The van der Waals surface area contributed by atoms with Crippen molar-refractivity contribution in [3.63, 3.8) is 0 Å². The second kappa shape index (κ2) is 6.81. The van der Waals surface area contributed by atoms with E-state index in [0.29, 0.717) is 5.41 Å². The van der Waals surface area contributed by atoms with Crippen molar-refractivity contribution in [1.29, 1.82) is 0 Å². The predicted molar refractivity (Wildman–Crippen MR) is 88.8 cm³/mol. The lowest BCUT2D eigenvalue weighted by atomic mass is 9.69. The molecule has 1 aromatic heterocycles. The van der Waals surface area contributed by atoms with Gasteiger partial charge in [0.05, 0.1) is 5.02 Å². The molecule has 0 saturated heterocycles. The van der Waals surface area contributed by atoms with E-state index in [4.69, 9.17) is 11.6 Å². The van der Waals surface area contributed by atoms with Crippen molar-refractivity contribution in [2.45, 2.75) is 70.3 Å². The summed E-state index contributed by atoms with van der Waals surface area (Å²) in [5.41, 5.74) is 0.591. The van der Waals surface area contributed by atoms with Crippen LogP contribution in [0.4, 0.5) is 0 Å². The fourth-order valence-corrected chi connectivity index (χ4v) is 4.77. The highest BCUT2D eigenvalue weighted by Gasteiger charge is 2.32. The van der Waals surface area contributed by atoms with Crippen LogP contribution in [0.1, 0.15) is 62.7 Å². The first-order valence-corrected chi connectivity index (χ1v) is 9.48. The van der Waals surface area contributed by atoms with Crippen molar-refractivity contribution in [2.75, 3.05) is 6.54 Å². The molecule has 0 atom stereocenters. The van der Waals surface area contributed by atoms with Gasteiger partial charge in [-0.05, 0) is 68.4 Å². The van der Waals surface area contributed by atoms with Crippen LogP contribution >= 0.6 is 22.9 Å². The van der Waals surface area contributed by atoms with Crippen LogP contribution < -0.4 is 5.32 Å². The summed E-state index contributed by atoms with van der Waals surface area (Å²) in [6.07, 6.45) is 13.9. The van der Waals surface area contributed by atoms with Crippen LogP contribution in [0, 0.1) is 5.41 Å². The van der Waals surface area contributed by atoms with Crippen LogP contribution in [0.5, 0.6) is 0 Å². The van der Waals surface area contributed by atoms with Crippen molar-refractivity contribution in [1.82, 2.24) is 5.32 Å². The van der Waals surface area contributed by atoms with Crippen LogP contribution in [0.3, 0.4) is 0 Å². The Morgan fingerprint density at radius 1 is 1.20 bits per heavy atom. The van der Waals surface area contributed by atoms with E-state index in [2.05, 4.69) is 10.7 Å². The topological polar surface area (TPSA) is 12.0 Å². The van der Waals surface area contributed by atoms with Crippen molar-refractivity contribution in [3.8, 4) is 0 Å². The standard InChI is InChI=1S/C17H26ClNS/c18-15-7-13-20-16(15)6-10-17(8-2-1-3-9-17)11-12-19-14-4-5-14/h7,13-14,19H,1-6,8-12H2. The van der Waals surface area contributed by atoms with Crippen molar-refractivity contribution >= 4 is 22.9 Å². The molecule has 3 heteroatoms. The molecule has 0 bridgehead atoms. The SMILES string of the molecule is Clc1ccsc1CCC1(CCNC2CC2)CCCCC1. The zero-order valence-electron chi connectivity index (χ0n) is 12.3. The van der Waals surface area contributed by atoms with Gasteiger partial charge in [-0.25, -0.2) is 0 Å². The smallest absolute Gasteiger partial charge is 0.0544 e. The number of rotatable bonds is 7. The van der Waals surface area contributed by atoms with Gasteiger partial charge >= 0.3 is 0 Å². The Morgan fingerprint density at radius 2 is 2.00 bits per heavy atom. The Balaban J connectivity index is 1.54. The zero-order valence-corrected chi connectivity index (χ0v) is 13.9. The highest BCUT2D eigenvalue weighted by Crippen LogP contribution is 2.43. The number of nitrogens with one attached hydrogen (secondary N) is 1. The van der Waals surface area contributed by atoms with E-state index >= 15 is 0 Å². The molecule has 0 aliphatic heterocycles. The maximum absolute atomic E-state index is 6.26. The molecule has 0 amide bonds. The molecule has 1 N–H and O–H groups in total. The third kappa shape index (κ3) is 3.99. The predicted octanol–water partition coefficient (Wildman–Crippen LogP) is 5.43. The summed E-state index contributed by atoms with van der Waals surface area (Å²) < 4.78 is 0. The van der Waals surface area contributed by atoms with E-state index < -0.39 is 0 Å². The summed E-state index contributed by atoms with van der Waals surface area (Å²) >= 11 is 8.08. The van der Waals surface area contributed by atoms with E-state index in [0.717, 1.165) is 11.1 Å². The average molecular weight is 312 g/mol. The van der Waals surface area contributed by atoms with Crippen LogP contribution in [0.2, 0.25) is 5.02 Å². The Bertz CT molecular complexity index is 418. The first-order valence-electron chi connectivity index (χ1n) is 8.23. The van der Waals surface area contributed by atoms with Gasteiger partial charge in [0.25, 0.3) is 0 Å². The van der Waals surface area contributed by atoms with Gasteiger partial charge in [-0.3, -0.25) is 0 Å². The van der Waals surface area contributed by atoms with Gasteiger partial charge in [-0.1, -0.05) is 30.9 Å². The van der Waals surface area contributed by atoms with Crippen LogP contribution in [0.15, 0.2) is 11.4 Å². The lowest BCUT2D eigenvalue weighted by Gasteiger charge is -2.38. The molecule has 0 unspecified atom stereocenters. The summed E-state index contributed by atoms with van der Waals surface area (Å²) in [6, 6.07) is 2.89. The van der Waals surface area contributed by atoms with E-state index in [-0.39, 0.29) is 0 Å². The second-order valence-corrected chi connectivity index (χ2v) is 8.14. The van der Waals surface area contributed by atoms with Gasteiger partial charge in [0.2, 0.25) is 0 Å². The molecule has 3 rings (SSSR count). The van der Waals surface area contributed by atoms with Crippen molar-refractivity contribution in [3.05, 3.63) is 21.3 Å². The number of hydrogen-bond acceptors (Lipinski definition) is 2. The fraction of sp³-hybridized carbons (Fsp3) is 0.765. The van der Waals surface area contributed by atoms with E-state index in [1.165, 1.54) is 75.6 Å².